The van der Waals surface area contributed by atoms with Crippen LogP contribution < -0.4 is 19.9 Å². The third-order valence-electron chi connectivity index (χ3n) is 3.86. The summed E-state index contributed by atoms with van der Waals surface area (Å²) in [5.41, 5.74) is 6.97. The first kappa shape index (κ1) is 15.4. The molecule has 0 saturated carbocycles. The lowest BCUT2D eigenvalue weighted by atomic mass is 9.98. The minimum Gasteiger partial charge on any atom is -0.496 e. The molecule has 116 valence electrons. The Hall–Kier alpha value is -1.95. The number of likely N-dealkylation sites (tertiary alicyclic amines) is 1. The lowest BCUT2D eigenvalue weighted by Crippen LogP contribution is -2.33. The number of amides is 1. The van der Waals surface area contributed by atoms with Gasteiger partial charge in [0.15, 0.2) is 0 Å². The molecule has 21 heavy (non-hydrogen) atoms. The van der Waals surface area contributed by atoms with Gasteiger partial charge in [0.25, 0.3) is 0 Å². The van der Waals surface area contributed by atoms with E-state index in [1.54, 1.807) is 38.4 Å². The summed E-state index contributed by atoms with van der Waals surface area (Å²) in [5.74, 6) is 1.91. The summed E-state index contributed by atoms with van der Waals surface area (Å²) in [6, 6.07) is 3.02. The maximum Gasteiger partial charge on any atom is 0.224 e. The zero-order valence-electron chi connectivity index (χ0n) is 12.9. The molecule has 0 bridgehead atoms. The molecule has 0 aromatic heterocycles. The van der Waals surface area contributed by atoms with Crippen LogP contribution in [-0.2, 0) is 4.79 Å². The summed E-state index contributed by atoms with van der Waals surface area (Å²) in [6.45, 7) is 2.53. The van der Waals surface area contributed by atoms with E-state index in [0.717, 1.165) is 5.56 Å². The van der Waals surface area contributed by atoms with Gasteiger partial charge in [-0.2, -0.15) is 0 Å². The Bertz CT molecular complexity index is 507. The van der Waals surface area contributed by atoms with Crippen molar-refractivity contribution in [1.29, 1.82) is 0 Å². The Morgan fingerprint density at radius 2 is 1.76 bits per heavy atom. The predicted molar refractivity (Wildman–Crippen MR) is 78.8 cm³/mol. The Morgan fingerprint density at radius 1 is 1.19 bits per heavy atom. The molecule has 2 atom stereocenters. The maximum atomic E-state index is 12.1. The van der Waals surface area contributed by atoms with Gasteiger partial charge in [0.2, 0.25) is 5.91 Å². The van der Waals surface area contributed by atoms with E-state index in [0.29, 0.717) is 30.2 Å². The van der Waals surface area contributed by atoms with Gasteiger partial charge in [0.1, 0.15) is 17.2 Å². The van der Waals surface area contributed by atoms with Crippen molar-refractivity contribution in [3.63, 3.8) is 0 Å². The fourth-order valence-electron chi connectivity index (χ4n) is 2.88. The van der Waals surface area contributed by atoms with Crippen LogP contribution in [0.5, 0.6) is 17.2 Å². The van der Waals surface area contributed by atoms with Crippen molar-refractivity contribution >= 4 is 5.91 Å². The third-order valence-corrected chi connectivity index (χ3v) is 3.86. The highest BCUT2D eigenvalue weighted by atomic mass is 16.5. The van der Waals surface area contributed by atoms with Gasteiger partial charge in [-0.15, -0.1) is 0 Å². The topological polar surface area (TPSA) is 74.0 Å². The summed E-state index contributed by atoms with van der Waals surface area (Å²) in [4.78, 5) is 13.8. The SMILES string of the molecule is CCN1C(=O)CC(N)C1c1c(OC)cc(OC)cc1OC. The van der Waals surface area contributed by atoms with Gasteiger partial charge in [-0.05, 0) is 6.92 Å². The van der Waals surface area contributed by atoms with E-state index in [9.17, 15) is 4.79 Å². The Balaban J connectivity index is 2.58. The summed E-state index contributed by atoms with van der Waals surface area (Å²) in [6.07, 6.45) is 0.330. The predicted octanol–water partition coefficient (Wildman–Crippen LogP) is 1.33. The molecule has 6 heteroatoms. The molecule has 2 unspecified atom stereocenters. The van der Waals surface area contributed by atoms with Crippen LogP contribution >= 0.6 is 0 Å². The van der Waals surface area contributed by atoms with E-state index in [1.807, 2.05) is 6.92 Å². The van der Waals surface area contributed by atoms with E-state index in [-0.39, 0.29) is 18.0 Å². The van der Waals surface area contributed by atoms with Crippen molar-refractivity contribution in [2.24, 2.45) is 5.73 Å². The number of ether oxygens (including phenoxy) is 3. The summed E-state index contributed by atoms with van der Waals surface area (Å²) in [7, 11) is 4.74. The number of nitrogens with zero attached hydrogens (tertiary/aromatic N) is 1. The summed E-state index contributed by atoms with van der Waals surface area (Å²) in [5, 5.41) is 0. The Kier molecular flexibility index (Phi) is 4.57. The first-order chi connectivity index (χ1) is 10.1. The van der Waals surface area contributed by atoms with Gasteiger partial charge in [-0.1, -0.05) is 0 Å². The lowest BCUT2D eigenvalue weighted by Gasteiger charge is -2.29. The van der Waals surface area contributed by atoms with Crippen LogP contribution in [0.3, 0.4) is 0 Å². The van der Waals surface area contributed by atoms with E-state index >= 15 is 0 Å². The molecule has 2 N–H and O–H groups in total. The smallest absolute Gasteiger partial charge is 0.224 e. The van der Waals surface area contributed by atoms with Crippen molar-refractivity contribution in [2.45, 2.75) is 25.4 Å². The molecule has 1 heterocycles. The van der Waals surface area contributed by atoms with Gasteiger partial charge in [-0.3, -0.25) is 4.79 Å². The fraction of sp³-hybridized carbons (Fsp3) is 0.533. The lowest BCUT2D eigenvalue weighted by molar-refractivity contribution is -0.128. The quantitative estimate of drug-likeness (QED) is 0.887. The van der Waals surface area contributed by atoms with Crippen molar-refractivity contribution < 1.29 is 19.0 Å². The number of methoxy groups -OCH3 is 3. The number of rotatable bonds is 5. The van der Waals surface area contributed by atoms with Crippen LogP contribution in [0, 0.1) is 0 Å². The highest BCUT2D eigenvalue weighted by molar-refractivity contribution is 5.81. The van der Waals surface area contributed by atoms with Crippen LogP contribution in [0.1, 0.15) is 24.9 Å². The highest BCUT2D eigenvalue weighted by Gasteiger charge is 2.41. The van der Waals surface area contributed by atoms with Gasteiger partial charge >= 0.3 is 0 Å². The van der Waals surface area contributed by atoms with Gasteiger partial charge in [0, 0.05) is 31.1 Å². The minimum atomic E-state index is -0.284. The number of benzene rings is 1. The first-order valence-electron chi connectivity index (χ1n) is 6.92. The molecule has 1 fully saturated rings. The van der Waals surface area contributed by atoms with Crippen LogP contribution in [0.4, 0.5) is 0 Å². The normalized spacial score (nSPS) is 21.6. The average molecular weight is 294 g/mol. The van der Waals surface area contributed by atoms with Crippen molar-refractivity contribution in [3.05, 3.63) is 17.7 Å². The molecule has 0 radical (unpaired) electrons. The minimum absolute atomic E-state index is 0.0509. The maximum absolute atomic E-state index is 12.1. The molecular weight excluding hydrogens is 272 g/mol. The van der Waals surface area contributed by atoms with Gasteiger partial charge < -0.3 is 24.8 Å². The first-order valence-corrected chi connectivity index (χ1v) is 6.92. The number of hydrogen-bond donors (Lipinski definition) is 1. The van der Waals surface area contributed by atoms with Crippen LogP contribution in [0.15, 0.2) is 12.1 Å². The molecule has 1 aromatic rings. The largest absolute Gasteiger partial charge is 0.496 e. The second-order valence-electron chi connectivity index (χ2n) is 4.94. The molecule has 1 aliphatic rings. The molecular formula is C15H22N2O4. The van der Waals surface area contributed by atoms with E-state index in [2.05, 4.69) is 0 Å². The van der Waals surface area contributed by atoms with Crippen molar-refractivity contribution in [3.8, 4) is 17.2 Å². The number of carbonyl (C=O) groups excluding carboxylic acids is 1. The average Bonchev–Trinajstić information content (AvgIpc) is 2.78. The number of carbonyl (C=O) groups is 1. The number of likely N-dealkylation sites (N-methyl/N-ethyl adjacent to an activating group) is 1. The summed E-state index contributed by atoms with van der Waals surface area (Å²) < 4.78 is 16.2. The zero-order valence-corrected chi connectivity index (χ0v) is 12.9. The second-order valence-corrected chi connectivity index (χ2v) is 4.94. The van der Waals surface area contributed by atoms with Crippen molar-refractivity contribution in [1.82, 2.24) is 4.90 Å². The Labute approximate surface area is 124 Å². The third kappa shape index (κ3) is 2.63. The molecule has 1 aliphatic heterocycles. The molecule has 2 rings (SSSR count). The number of nitrogens with two attached hydrogens (primary N) is 1. The zero-order chi connectivity index (χ0) is 15.6. The molecule has 0 aliphatic carbocycles. The Morgan fingerprint density at radius 3 is 2.19 bits per heavy atom. The van der Waals surface area contributed by atoms with E-state index in [4.69, 9.17) is 19.9 Å². The van der Waals surface area contributed by atoms with E-state index in [1.165, 1.54) is 0 Å². The second kappa shape index (κ2) is 6.22. The van der Waals surface area contributed by atoms with Crippen LogP contribution in [0.25, 0.3) is 0 Å². The highest BCUT2D eigenvalue weighted by Crippen LogP contribution is 2.44. The van der Waals surface area contributed by atoms with Crippen LogP contribution in [0.2, 0.25) is 0 Å². The fourth-order valence-corrected chi connectivity index (χ4v) is 2.88. The van der Waals surface area contributed by atoms with Crippen molar-refractivity contribution in [2.75, 3.05) is 27.9 Å². The molecule has 1 amide bonds. The molecule has 6 nitrogen and oxygen atoms in total. The summed E-state index contributed by atoms with van der Waals surface area (Å²) >= 11 is 0. The van der Waals surface area contributed by atoms with Gasteiger partial charge in [-0.25, -0.2) is 0 Å². The van der Waals surface area contributed by atoms with E-state index < -0.39 is 0 Å². The number of hydrogen-bond acceptors (Lipinski definition) is 5. The molecule has 1 saturated heterocycles. The standard InChI is InChI=1S/C15H22N2O4/c1-5-17-13(18)8-10(16)15(17)14-11(20-3)6-9(19-2)7-12(14)21-4/h6-7,10,15H,5,8,16H2,1-4H3. The monoisotopic (exact) mass is 294 g/mol. The van der Waals surface area contributed by atoms with Gasteiger partial charge in [0.05, 0.1) is 32.9 Å². The molecule has 0 spiro atoms. The van der Waals surface area contributed by atoms with Crippen LogP contribution in [-0.4, -0.2) is 44.7 Å². The molecule has 1 aromatic carbocycles.